The maximum absolute atomic E-state index is 4.61. The fourth-order valence-corrected chi connectivity index (χ4v) is 6.26. The van der Waals surface area contributed by atoms with Crippen LogP contribution in [0.25, 0.3) is 27.8 Å². The monoisotopic (exact) mass is 456 g/mol. The van der Waals surface area contributed by atoms with Gasteiger partial charge < -0.3 is 14.8 Å². The minimum Gasteiger partial charge on any atom is -0.353 e. The molecule has 0 saturated carbocycles. The van der Waals surface area contributed by atoms with Gasteiger partial charge in [-0.25, -0.2) is 9.50 Å². The summed E-state index contributed by atoms with van der Waals surface area (Å²) in [6, 6.07) is 12.6. The summed E-state index contributed by atoms with van der Waals surface area (Å²) in [5, 5.41) is 5.64. The molecule has 0 radical (unpaired) electrons. The second-order valence-corrected chi connectivity index (χ2v) is 10.5. The van der Waals surface area contributed by atoms with Crippen LogP contribution in [-0.2, 0) is 0 Å². The van der Waals surface area contributed by atoms with E-state index >= 15 is 0 Å². The summed E-state index contributed by atoms with van der Waals surface area (Å²) in [6.07, 6.45) is 8.80. The van der Waals surface area contributed by atoms with Crippen LogP contribution in [0.1, 0.15) is 56.6 Å². The number of rotatable bonds is 4. The fourth-order valence-electron chi connectivity index (χ4n) is 6.26. The molecule has 0 aliphatic carbocycles. The van der Waals surface area contributed by atoms with E-state index in [1.165, 1.54) is 73.9 Å². The highest BCUT2D eigenvalue weighted by Gasteiger charge is 2.29. The molecule has 0 unspecified atom stereocenters. The van der Waals surface area contributed by atoms with Crippen molar-refractivity contribution >= 4 is 16.4 Å². The van der Waals surface area contributed by atoms with Crippen LogP contribution in [0.5, 0.6) is 0 Å². The van der Waals surface area contributed by atoms with Gasteiger partial charge in [0.1, 0.15) is 12.0 Å². The number of aromatic nitrogens is 4. The van der Waals surface area contributed by atoms with Crippen molar-refractivity contribution in [2.45, 2.75) is 64.5 Å². The number of hydrogen-bond donors (Lipinski definition) is 1. The van der Waals surface area contributed by atoms with E-state index in [-0.39, 0.29) is 0 Å². The van der Waals surface area contributed by atoms with Gasteiger partial charge in [-0.3, -0.25) is 0 Å². The third-order valence-electron chi connectivity index (χ3n) is 8.40. The Bertz CT molecular complexity index is 1280. The largest absolute Gasteiger partial charge is 0.353 e. The molecule has 2 saturated heterocycles. The van der Waals surface area contributed by atoms with Crippen LogP contribution in [0.2, 0.25) is 0 Å². The molecule has 34 heavy (non-hydrogen) atoms. The predicted octanol–water partition coefficient (Wildman–Crippen LogP) is 5.24. The van der Waals surface area contributed by atoms with E-state index in [0.717, 1.165) is 22.9 Å². The molecular formula is C28H36N6. The zero-order valence-electron chi connectivity index (χ0n) is 20.7. The lowest BCUT2D eigenvalue weighted by molar-refractivity contribution is 0.0753. The Morgan fingerprint density at radius 1 is 1.00 bits per heavy atom. The minimum atomic E-state index is 0.658. The van der Waals surface area contributed by atoms with Gasteiger partial charge in [0.25, 0.3) is 0 Å². The predicted molar refractivity (Wildman–Crippen MR) is 138 cm³/mol. The highest BCUT2D eigenvalue weighted by atomic mass is 15.2. The molecule has 6 rings (SSSR count). The number of aryl methyl sites for hydroxylation is 1. The second-order valence-electron chi connectivity index (χ2n) is 10.5. The van der Waals surface area contributed by atoms with Gasteiger partial charge in [-0.15, -0.1) is 0 Å². The van der Waals surface area contributed by atoms with Gasteiger partial charge in [-0.1, -0.05) is 6.07 Å². The molecule has 6 nitrogen and oxygen atoms in total. The van der Waals surface area contributed by atoms with E-state index in [1.807, 2.05) is 16.8 Å². The molecule has 0 atom stereocenters. The van der Waals surface area contributed by atoms with Gasteiger partial charge in [0.15, 0.2) is 0 Å². The maximum Gasteiger partial charge on any atom is 0.137 e. The molecule has 2 aliphatic rings. The molecule has 6 heteroatoms. The zero-order chi connectivity index (χ0) is 23.2. The van der Waals surface area contributed by atoms with E-state index in [1.54, 1.807) is 6.33 Å². The lowest BCUT2D eigenvalue weighted by atomic mass is 9.87. The Kier molecular flexibility index (Phi) is 5.66. The van der Waals surface area contributed by atoms with Gasteiger partial charge in [-0.2, -0.15) is 5.10 Å². The molecule has 0 spiro atoms. The van der Waals surface area contributed by atoms with E-state index in [9.17, 15) is 0 Å². The van der Waals surface area contributed by atoms with Crippen molar-refractivity contribution in [2.24, 2.45) is 0 Å². The van der Waals surface area contributed by atoms with Gasteiger partial charge in [0.2, 0.25) is 0 Å². The molecule has 2 aliphatic heterocycles. The molecule has 178 valence electrons. The molecule has 5 heterocycles. The highest BCUT2D eigenvalue weighted by molar-refractivity contribution is 5.93. The number of aromatic amines is 1. The van der Waals surface area contributed by atoms with Crippen molar-refractivity contribution in [3.05, 3.63) is 54.0 Å². The molecular weight excluding hydrogens is 420 g/mol. The van der Waals surface area contributed by atoms with Crippen LogP contribution in [0.4, 0.5) is 0 Å². The molecule has 4 aromatic rings. The Hall–Kier alpha value is -2.70. The summed E-state index contributed by atoms with van der Waals surface area (Å²) >= 11 is 0. The summed E-state index contributed by atoms with van der Waals surface area (Å²) < 4.78 is 1.89. The second kappa shape index (κ2) is 8.82. The van der Waals surface area contributed by atoms with Gasteiger partial charge in [0.05, 0.1) is 11.2 Å². The number of H-pyrrole nitrogens is 1. The number of nitrogens with zero attached hydrogens (tertiary/aromatic N) is 5. The average molecular weight is 457 g/mol. The molecule has 1 N–H and O–H groups in total. The van der Waals surface area contributed by atoms with Crippen LogP contribution < -0.4 is 0 Å². The first kappa shape index (κ1) is 21.8. The smallest absolute Gasteiger partial charge is 0.137 e. The number of nitrogens with one attached hydrogen (secondary N) is 1. The van der Waals surface area contributed by atoms with Crippen molar-refractivity contribution in [3.8, 4) is 11.4 Å². The summed E-state index contributed by atoms with van der Waals surface area (Å²) in [7, 11) is 0. The molecule has 1 aromatic carbocycles. The Labute approximate surface area is 202 Å². The van der Waals surface area contributed by atoms with Gasteiger partial charge >= 0.3 is 0 Å². The fraction of sp³-hybridized carbons (Fsp3) is 0.500. The Balaban J connectivity index is 1.19. The Morgan fingerprint density at radius 2 is 1.79 bits per heavy atom. The quantitative estimate of drug-likeness (QED) is 0.456. The van der Waals surface area contributed by atoms with E-state index in [4.69, 9.17) is 0 Å². The first-order chi connectivity index (χ1) is 16.6. The lowest BCUT2D eigenvalue weighted by Gasteiger charge is -2.42. The van der Waals surface area contributed by atoms with Crippen molar-refractivity contribution in [1.82, 2.24) is 29.4 Å². The van der Waals surface area contributed by atoms with Crippen molar-refractivity contribution in [3.63, 3.8) is 0 Å². The van der Waals surface area contributed by atoms with Crippen LogP contribution in [-0.4, -0.2) is 67.6 Å². The van der Waals surface area contributed by atoms with Gasteiger partial charge in [0, 0.05) is 29.2 Å². The van der Waals surface area contributed by atoms with Crippen molar-refractivity contribution in [1.29, 1.82) is 0 Å². The SMILES string of the molecule is Cc1c(-c2ncnn3cccc23)[nH]c2ccc(C3CCN(C4CCN(C(C)C)CC4)CC3)cc12. The highest BCUT2D eigenvalue weighted by Crippen LogP contribution is 2.36. The number of likely N-dealkylation sites (tertiary alicyclic amines) is 2. The van der Waals surface area contributed by atoms with Crippen LogP contribution in [0.15, 0.2) is 42.9 Å². The Morgan fingerprint density at radius 3 is 2.56 bits per heavy atom. The number of benzene rings is 1. The lowest BCUT2D eigenvalue weighted by Crippen LogP contribution is -2.48. The summed E-state index contributed by atoms with van der Waals surface area (Å²) in [4.78, 5) is 13.7. The zero-order valence-corrected chi connectivity index (χ0v) is 20.7. The minimum absolute atomic E-state index is 0.658. The third kappa shape index (κ3) is 3.83. The summed E-state index contributed by atoms with van der Waals surface area (Å²) in [5.41, 5.74) is 7.05. The van der Waals surface area contributed by atoms with Crippen LogP contribution in [0.3, 0.4) is 0 Å². The molecule has 2 fully saturated rings. The normalized spacial score (nSPS) is 19.6. The number of fused-ring (bicyclic) bond motifs is 2. The number of hydrogen-bond acceptors (Lipinski definition) is 4. The van der Waals surface area contributed by atoms with Crippen molar-refractivity contribution < 1.29 is 0 Å². The standard InChI is InChI=1S/C28H36N6/c1-19(2)32-15-10-23(11-16-32)33-13-8-21(9-14-33)22-6-7-25-24(17-22)20(3)27(31-25)28-26-5-4-12-34(26)30-18-29-28/h4-7,12,17-19,21,23,31H,8-11,13-16H2,1-3H3. The third-order valence-corrected chi connectivity index (χ3v) is 8.40. The first-order valence-electron chi connectivity index (χ1n) is 13.0. The summed E-state index contributed by atoms with van der Waals surface area (Å²) in [5.74, 6) is 0.658. The molecule has 0 bridgehead atoms. The van der Waals surface area contributed by atoms with E-state index in [2.05, 4.69) is 69.9 Å². The van der Waals surface area contributed by atoms with E-state index < -0.39 is 0 Å². The topological polar surface area (TPSA) is 52.5 Å². The summed E-state index contributed by atoms with van der Waals surface area (Å²) in [6.45, 7) is 11.9. The van der Waals surface area contributed by atoms with E-state index in [0.29, 0.717) is 12.0 Å². The number of piperidine rings is 2. The first-order valence-corrected chi connectivity index (χ1v) is 13.0. The van der Waals surface area contributed by atoms with Crippen LogP contribution in [0, 0.1) is 6.92 Å². The molecule has 0 amide bonds. The average Bonchev–Trinajstić information content (AvgIpc) is 3.48. The van der Waals surface area contributed by atoms with Crippen LogP contribution >= 0.6 is 0 Å². The van der Waals surface area contributed by atoms with Gasteiger partial charge in [-0.05, 0) is 114 Å². The molecule has 3 aromatic heterocycles. The maximum atomic E-state index is 4.61. The van der Waals surface area contributed by atoms with Crippen molar-refractivity contribution in [2.75, 3.05) is 26.2 Å².